The highest BCUT2D eigenvalue weighted by Crippen LogP contribution is 2.26. The summed E-state index contributed by atoms with van der Waals surface area (Å²) >= 11 is 1.52. The van der Waals surface area contributed by atoms with Crippen molar-refractivity contribution in [2.24, 2.45) is 0 Å². The van der Waals surface area contributed by atoms with Crippen molar-refractivity contribution in [1.82, 2.24) is 10.2 Å². The number of carbonyl (C=O) groups is 2. The first-order chi connectivity index (χ1) is 19.6. The smallest absolute Gasteiger partial charge is 0.264 e. The van der Waals surface area contributed by atoms with Crippen LogP contribution in [0.5, 0.6) is 0 Å². The predicted octanol–water partition coefficient (Wildman–Crippen LogP) is 5.68. The number of thioether (sulfide) groups is 1. The van der Waals surface area contributed by atoms with Gasteiger partial charge in [-0.3, -0.25) is 13.9 Å². The summed E-state index contributed by atoms with van der Waals surface area (Å²) in [5, 5.41) is 3.01. The largest absolute Gasteiger partial charge is 0.352 e. The standard InChI is InChI=1S/C32H41N3O4S2/c1-6-25(4)33-32(37)30(7-2)34(22-21-26-11-9-8-10-12-26)31(36)23-35(27-15-13-24(3)14-16-27)41(38,39)29-19-17-28(40-5)18-20-29/h8-20,25,30H,6-7,21-23H2,1-5H3,(H,33,37). The lowest BCUT2D eigenvalue weighted by Crippen LogP contribution is -2.54. The van der Waals surface area contributed by atoms with E-state index in [0.29, 0.717) is 18.5 Å². The molecule has 3 aromatic carbocycles. The summed E-state index contributed by atoms with van der Waals surface area (Å²) in [4.78, 5) is 30.0. The van der Waals surface area contributed by atoms with Crippen molar-refractivity contribution in [3.63, 3.8) is 0 Å². The summed E-state index contributed by atoms with van der Waals surface area (Å²) in [6, 6.07) is 22.7. The minimum atomic E-state index is -4.09. The fourth-order valence-corrected chi connectivity index (χ4v) is 6.27. The maximum atomic E-state index is 14.1. The molecule has 0 aliphatic carbocycles. The molecule has 220 valence electrons. The van der Waals surface area contributed by atoms with Crippen molar-refractivity contribution in [3.05, 3.63) is 90.0 Å². The van der Waals surface area contributed by atoms with Gasteiger partial charge < -0.3 is 10.2 Å². The van der Waals surface area contributed by atoms with Crippen LogP contribution < -0.4 is 9.62 Å². The third kappa shape index (κ3) is 8.60. The zero-order valence-electron chi connectivity index (χ0n) is 24.5. The highest BCUT2D eigenvalue weighted by molar-refractivity contribution is 7.98. The molecule has 2 unspecified atom stereocenters. The first-order valence-corrected chi connectivity index (χ1v) is 16.6. The summed E-state index contributed by atoms with van der Waals surface area (Å²) < 4.78 is 29.1. The zero-order chi connectivity index (χ0) is 30.0. The van der Waals surface area contributed by atoms with Crippen LogP contribution in [0.3, 0.4) is 0 Å². The Balaban J connectivity index is 2.00. The monoisotopic (exact) mass is 595 g/mol. The Morgan fingerprint density at radius 2 is 1.54 bits per heavy atom. The summed E-state index contributed by atoms with van der Waals surface area (Å²) in [7, 11) is -4.09. The number of anilines is 1. The second-order valence-corrected chi connectivity index (χ2v) is 12.8. The van der Waals surface area contributed by atoms with Gasteiger partial charge in [0, 0.05) is 17.5 Å². The van der Waals surface area contributed by atoms with Gasteiger partial charge in [0.15, 0.2) is 0 Å². The molecule has 2 atom stereocenters. The fraction of sp³-hybridized carbons (Fsp3) is 0.375. The highest BCUT2D eigenvalue weighted by Gasteiger charge is 2.33. The molecule has 0 aliphatic heterocycles. The predicted molar refractivity (Wildman–Crippen MR) is 168 cm³/mol. The molecule has 0 aliphatic rings. The van der Waals surface area contributed by atoms with Crippen LogP contribution in [0.2, 0.25) is 0 Å². The van der Waals surface area contributed by atoms with Gasteiger partial charge in [0.25, 0.3) is 10.0 Å². The molecule has 2 amide bonds. The number of hydrogen-bond acceptors (Lipinski definition) is 5. The van der Waals surface area contributed by atoms with E-state index in [1.807, 2.05) is 76.4 Å². The first-order valence-electron chi connectivity index (χ1n) is 14.0. The zero-order valence-corrected chi connectivity index (χ0v) is 26.2. The maximum Gasteiger partial charge on any atom is 0.264 e. The maximum absolute atomic E-state index is 14.1. The van der Waals surface area contributed by atoms with Gasteiger partial charge in [-0.05, 0) is 81.3 Å². The molecule has 0 heterocycles. The highest BCUT2D eigenvalue weighted by atomic mass is 32.2. The van der Waals surface area contributed by atoms with Crippen LogP contribution in [-0.4, -0.2) is 56.6 Å². The number of hydrogen-bond donors (Lipinski definition) is 1. The van der Waals surface area contributed by atoms with Crippen molar-refractivity contribution in [2.45, 2.75) is 68.8 Å². The van der Waals surface area contributed by atoms with Crippen molar-refractivity contribution >= 4 is 39.3 Å². The van der Waals surface area contributed by atoms with Gasteiger partial charge in [-0.25, -0.2) is 8.42 Å². The molecule has 3 aromatic rings. The number of sulfonamides is 1. The van der Waals surface area contributed by atoms with Gasteiger partial charge in [0.2, 0.25) is 11.8 Å². The van der Waals surface area contributed by atoms with E-state index in [9.17, 15) is 18.0 Å². The van der Waals surface area contributed by atoms with Gasteiger partial charge in [-0.15, -0.1) is 11.8 Å². The Hall–Kier alpha value is -3.30. The normalized spacial score (nSPS) is 12.8. The lowest BCUT2D eigenvalue weighted by Gasteiger charge is -2.33. The lowest BCUT2D eigenvalue weighted by atomic mass is 10.1. The molecule has 0 fully saturated rings. The van der Waals surface area contributed by atoms with Crippen LogP contribution in [0, 0.1) is 6.92 Å². The molecular weight excluding hydrogens is 555 g/mol. The van der Waals surface area contributed by atoms with Crippen LogP contribution in [0.1, 0.15) is 44.7 Å². The summed E-state index contributed by atoms with van der Waals surface area (Å²) in [6.07, 6.45) is 3.62. The summed E-state index contributed by atoms with van der Waals surface area (Å²) in [6.45, 7) is 7.54. The van der Waals surface area contributed by atoms with Gasteiger partial charge in [-0.2, -0.15) is 0 Å². The topological polar surface area (TPSA) is 86.8 Å². The van der Waals surface area contributed by atoms with Crippen molar-refractivity contribution in [3.8, 4) is 0 Å². The first kappa shape index (κ1) is 32.2. The average Bonchev–Trinajstić information content (AvgIpc) is 2.98. The quantitative estimate of drug-likeness (QED) is 0.243. The van der Waals surface area contributed by atoms with Crippen LogP contribution in [0.25, 0.3) is 0 Å². The molecule has 0 bridgehead atoms. The second kappa shape index (κ2) is 15.1. The average molecular weight is 596 g/mol. The number of rotatable bonds is 14. The van der Waals surface area contributed by atoms with E-state index >= 15 is 0 Å². The number of amides is 2. The van der Waals surface area contributed by atoms with E-state index < -0.39 is 28.5 Å². The number of benzene rings is 3. The number of nitrogens with one attached hydrogen (secondary N) is 1. The van der Waals surface area contributed by atoms with E-state index in [1.54, 1.807) is 36.4 Å². The van der Waals surface area contributed by atoms with Crippen molar-refractivity contribution < 1.29 is 18.0 Å². The van der Waals surface area contributed by atoms with E-state index in [4.69, 9.17) is 0 Å². The van der Waals surface area contributed by atoms with Crippen LogP contribution in [-0.2, 0) is 26.0 Å². The Morgan fingerprint density at radius 1 is 0.902 bits per heavy atom. The Morgan fingerprint density at radius 3 is 2.10 bits per heavy atom. The minimum Gasteiger partial charge on any atom is -0.352 e. The van der Waals surface area contributed by atoms with Gasteiger partial charge in [-0.1, -0.05) is 61.9 Å². The van der Waals surface area contributed by atoms with Crippen LogP contribution in [0.15, 0.2) is 88.7 Å². The molecule has 0 spiro atoms. The summed E-state index contributed by atoms with van der Waals surface area (Å²) in [5.74, 6) is -0.669. The molecule has 9 heteroatoms. The third-order valence-corrected chi connectivity index (χ3v) is 9.65. The molecule has 0 saturated heterocycles. The lowest BCUT2D eigenvalue weighted by molar-refractivity contribution is -0.139. The Labute approximate surface area is 249 Å². The molecule has 0 aromatic heterocycles. The molecule has 3 rings (SSSR count). The van der Waals surface area contributed by atoms with E-state index in [0.717, 1.165) is 26.7 Å². The van der Waals surface area contributed by atoms with Crippen LogP contribution in [0.4, 0.5) is 5.69 Å². The molecule has 7 nitrogen and oxygen atoms in total. The third-order valence-electron chi connectivity index (χ3n) is 7.12. The van der Waals surface area contributed by atoms with E-state index in [-0.39, 0.29) is 23.4 Å². The molecule has 0 saturated carbocycles. The summed E-state index contributed by atoms with van der Waals surface area (Å²) in [5.41, 5.74) is 2.39. The van der Waals surface area contributed by atoms with Crippen molar-refractivity contribution in [1.29, 1.82) is 0 Å². The number of aryl methyl sites for hydroxylation is 1. The van der Waals surface area contributed by atoms with Crippen LogP contribution >= 0.6 is 11.8 Å². The molecule has 1 N–H and O–H groups in total. The second-order valence-electron chi connectivity index (χ2n) is 10.1. The number of carbonyl (C=O) groups excluding carboxylic acids is 2. The van der Waals surface area contributed by atoms with Gasteiger partial charge >= 0.3 is 0 Å². The molecule has 0 radical (unpaired) electrons. The Kier molecular flexibility index (Phi) is 11.8. The minimum absolute atomic E-state index is 0.0451. The van der Waals surface area contributed by atoms with Gasteiger partial charge in [0.1, 0.15) is 12.6 Å². The van der Waals surface area contributed by atoms with Crippen molar-refractivity contribution in [2.75, 3.05) is 23.7 Å². The van der Waals surface area contributed by atoms with Gasteiger partial charge in [0.05, 0.1) is 10.6 Å². The SMILES string of the molecule is CCC(C)NC(=O)C(CC)N(CCc1ccccc1)C(=O)CN(c1ccc(C)cc1)S(=O)(=O)c1ccc(SC)cc1. The van der Waals surface area contributed by atoms with E-state index in [2.05, 4.69) is 5.32 Å². The molecule has 41 heavy (non-hydrogen) atoms. The fourth-order valence-electron chi connectivity index (χ4n) is 4.45. The molecular formula is C32H41N3O4S2. The Bertz CT molecular complexity index is 1380. The number of nitrogens with zero attached hydrogens (tertiary/aromatic N) is 2. The van der Waals surface area contributed by atoms with E-state index in [1.165, 1.54) is 16.7 Å².